The largest absolute Gasteiger partial charge is 0.365 e. The number of H-pyrrole nitrogens is 1. The summed E-state index contributed by atoms with van der Waals surface area (Å²) >= 11 is 5.06. The molecule has 84 valence electrons. The summed E-state index contributed by atoms with van der Waals surface area (Å²) in [5.41, 5.74) is -0.137. The molecule has 0 saturated heterocycles. The lowest BCUT2D eigenvalue weighted by Crippen LogP contribution is -2.11. The lowest BCUT2D eigenvalue weighted by Gasteiger charge is -2.03. The zero-order chi connectivity index (χ0) is 11.5. The van der Waals surface area contributed by atoms with Crippen LogP contribution in [0.1, 0.15) is 10.7 Å². The molecular weight excluding hydrogens is 290 g/mol. The molecule has 0 unspecified atom stereocenters. The maximum absolute atomic E-state index is 11.2. The Morgan fingerprint density at radius 3 is 3.00 bits per heavy atom. The molecule has 0 radical (unpaired) electrons. The molecule has 0 aliphatic rings. The van der Waals surface area contributed by atoms with Gasteiger partial charge in [-0.1, -0.05) is 0 Å². The summed E-state index contributed by atoms with van der Waals surface area (Å²) < 4.78 is 1.10. The van der Waals surface area contributed by atoms with E-state index in [1.165, 1.54) is 10.9 Å². The zero-order valence-electron chi connectivity index (χ0n) is 8.58. The number of nitrogens with one attached hydrogen (secondary N) is 2. The van der Waals surface area contributed by atoms with Gasteiger partial charge < -0.3 is 10.3 Å². The Labute approximate surface area is 105 Å². The minimum absolute atomic E-state index is 0.137. The molecule has 2 N–H and O–H groups in total. The molecule has 0 bridgehead atoms. The maximum atomic E-state index is 11.2. The third-order valence-corrected chi connectivity index (χ3v) is 3.56. The van der Waals surface area contributed by atoms with E-state index in [0.29, 0.717) is 18.2 Å². The van der Waals surface area contributed by atoms with Crippen molar-refractivity contribution in [2.75, 3.05) is 5.32 Å². The zero-order valence-corrected chi connectivity index (χ0v) is 11.0. The first-order chi connectivity index (χ1) is 7.63. The van der Waals surface area contributed by atoms with Crippen LogP contribution in [0.4, 0.5) is 5.82 Å². The molecule has 6 heteroatoms. The second kappa shape index (κ2) is 4.80. The van der Waals surface area contributed by atoms with Crippen molar-refractivity contribution >= 4 is 33.1 Å². The van der Waals surface area contributed by atoms with Gasteiger partial charge in [0, 0.05) is 10.9 Å². The Morgan fingerprint density at radius 1 is 1.56 bits per heavy atom. The summed E-state index contributed by atoms with van der Waals surface area (Å²) in [5, 5.41) is 3.11. The SMILES string of the molecule is Cc1nc(NCc2ccc(Br)s2)cc(=O)[nH]1. The number of anilines is 1. The standard InChI is InChI=1S/C10H10BrN3OS/c1-6-13-9(4-10(15)14-6)12-5-7-2-3-8(11)16-7/h2-4H,5H2,1H3,(H2,12,13,14,15). The van der Waals surface area contributed by atoms with Crippen molar-refractivity contribution in [1.29, 1.82) is 0 Å². The van der Waals surface area contributed by atoms with Gasteiger partial charge in [-0.25, -0.2) is 4.98 Å². The van der Waals surface area contributed by atoms with Gasteiger partial charge in [-0.05, 0) is 35.0 Å². The molecule has 0 aliphatic heterocycles. The number of hydrogen-bond acceptors (Lipinski definition) is 4. The Hall–Kier alpha value is -1.14. The molecule has 0 saturated carbocycles. The van der Waals surface area contributed by atoms with E-state index in [-0.39, 0.29) is 5.56 Å². The number of aromatic nitrogens is 2. The first kappa shape index (κ1) is 11.3. The van der Waals surface area contributed by atoms with Crippen LogP contribution in [0.3, 0.4) is 0 Å². The summed E-state index contributed by atoms with van der Waals surface area (Å²) in [4.78, 5) is 19.2. The fraction of sp³-hybridized carbons (Fsp3) is 0.200. The third kappa shape index (κ3) is 2.93. The van der Waals surface area contributed by atoms with Gasteiger partial charge >= 0.3 is 0 Å². The van der Waals surface area contributed by atoms with E-state index in [0.717, 1.165) is 3.79 Å². The van der Waals surface area contributed by atoms with Crippen molar-refractivity contribution in [3.05, 3.63) is 43.0 Å². The highest BCUT2D eigenvalue weighted by Gasteiger charge is 2.00. The number of rotatable bonds is 3. The number of aryl methyl sites for hydroxylation is 1. The van der Waals surface area contributed by atoms with Gasteiger partial charge in [-0.15, -0.1) is 11.3 Å². The van der Waals surface area contributed by atoms with E-state index in [1.807, 2.05) is 12.1 Å². The van der Waals surface area contributed by atoms with Crippen LogP contribution in [0, 0.1) is 6.92 Å². The van der Waals surface area contributed by atoms with E-state index < -0.39 is 0 Å². The lowest BCUT2D eigenvalue weighted by atomic mass is 10.4. The minimum atomic E-state index is -0.137. The van der Waals surface area contributed by atoms with E-state index in [2.05, 4.69) is 31.2 Å². The van der Waals surface area contributed by atoms with Crippen LogP contribution in [0.5, 0.6) is 0 Å². The molecule has 2 rings (SSSR count). The van der Waals surface area contributed by atoms with Crippen molar-refractivity contribution < 1.29 is 0 Å². The first-order valence-electron chi connectivity index (χ1n) is 4.69. The van der Waals surface area contributed by atoms with E-state index in [1.54, 1.807) is 18.3 Å². The van der Waals surface area contributed by atoms with Crippen molar-refractivity contribution in [3.8, 4) is 0 Å². The van der Waals surface area contributed by atoms with E-state index in [9.17, 15) is 4.79 Å². The second-order valence-electron chi connectivity index (χ2n) is 3.28. The molecule has 0 spiro atoms. The predicted octanol–water partition coefficient (Wildman–Crippen LogP) is 2.51. The Morgan fingerprint density at radius 2 is 2.38 bits per heavy atom. The smallest absolute Gasteiger partial charge is 0.252 e. The molecule has 2 aromatic rings. The monoisotopic (exact) mass is 299 g/mol. The average molecular weight is 300 g/mol. The minimum Gasteiger partial charge on any atom is -0.365 e. The third-order valence-electron chi connectivity index (χ3n) is 1.93. The van der Waals surface area contributed by atoms with Crippen LogP contribution in [0.25, 0.3) is 0 Å². The van der Waals surface area contributed by atoms with Gasteiger partial charge in [0.25, 0.3) is 5.56 Å². The van der Waals surface area contributed by atoms with E-state index >= 15 is 0 Å². The van der Waals surface area contributed by atoms with Crippen LogP contribution in [-0.2, 0) is 6.54 Å². The molecule has 2 heterocycles. The topological polar surface area (TPSA) is 57.8 Å². The molecule has 16 heavy (non-hydrogen) atoms. The quantitative estimate of drug-likeness (QED) is 0.915. The number of nitrogens with zero attached hydrogens (tertiary/aromatic N) is 1. The molecule has 2 aromatic heterocycles. The van der Waals surface area contributed by atoms with Gasteiger partial charge in [0.05, 0.1) is 10.3 Å². The molecule has 0 aliphatic carbocycles. The summed E-state index contributed by atoms with van der Waals surface area (Å²) in [5.74, 6) is 1.22. The van der Waals surface area contributed by atoms with Crippen LogP contribution in [0.15, 0.2) is 26.8 Å². The summed E-state index contributed by atoms with van der Waals surface area (Å²) in [6.45, 7) is 2.43. The lowest BCUT2D eigenvalue weighted by molar-refractivity contribution is 1.00. The summed E-state index contributed by atoms with van der Waals surface area (Å²) in [7, 11) is 0. The fourth-order valence-corrected chi connectivity index (χ4v) is 2.72. The average Bonchev–Trinajstić information content (AvgIpc) is 2.60. The maximum Gasteiger partial charge on any atom is 0.252 e. The molecular formula is C10H10BrN3OS. The molecule has 4 nitrogen and oxygen atoms in total. The Bertz CT molecular complexity index is 549. The van der Waals surface area contributed by atoms with Crippen molar-refractivity contribution in [3.63, 3.8) is 0 Å². The first-order valence-corrected chi connectivity index (χ1v) is 6.30. The highest BCUT2D eigenvalue weighted by Crippen LogP contribution is 2.22. The number of thiophene rings is 1. The van der Waals surface area contributed by atoms with Crippen LogP contribution < -0.4 is 10.9 Å². The summed E-state index contributed by atoms with van der Waals surface area (Å²) in [6.07, 6.45) is 0. The Kier molecular flexibility index (Phi) is 3.40. The van der Waals surface area contributed by atoms with Crippen molar-refractivity contribution in [1.82, 2.24) is 9.97 Å². The number of aromatic amines is 1. The predicted molar refractivity (Wildman–Crippen MR) is 68.9 cm³/mol. The second-order valence-corrected chi connectivity index (χ2v) is 5.82. The van der Waals surface area contributed by atoms with Crippen molar-refractivity contribution in [2.24, 2.45) is 0 Å². The molecule has 0 amide bonds. The molecule has 0 aromatic carbocycles. The molecule has 0 fully saturated rings. The molecule has 0 atom stereocenters. The van der Waals surface area contributed by atoms with Gasteiger partial charge in [0.2, 0.25) is 0 Å². The van der Waals surface area contributed by atoms with Gasteiger partial charge in [0.15, 0.2) is 0 Å². The van der Waals surface area contributed by atoms with E-state index in [4.69, 9.17) is 0 Å². The fourth-order valence-electron chi connectivity index (χ4n) is 1.29. The van der Waals surface area contributed by atoms with Gasteiger partial charge in [-0.3, -0.25) is 4.79 Å². The van der Waals surface area contributed by atoms with Crippen LogP contribution >= 0.6 is 27.3 Å². The van der Waals surface area contributed by atoms with Crippen LogP contribution in [0.2, 0.25) is 0 Å². The number of hydrogen-bond donors (Lipinski definition) is 2. The number of halogens is 1. The van der Waals surface area contributed by atoms with Gasteiger partial charge in [-0.2, -0.15) is 0 Å². The summed E-state index contributed by atoms with van der Waals surface area (Å²) in [6, 6.07) is 5.48. The highest BCUT2D eigenvalue weighted by atomic mass is 79.9. The normalized spacial score (nSPS) is 10.4. The van der Waals surface area contributed by atoms with Gasteiger partial charge in [0.1, 0.15) is 11.6 Å². The Balaban J connectivity index is 2.07. The van der Waals surface area contributed by atoms with Crippen molar-refractivity contribution in [2.45, 2.75) is 13.5 Å². The van der Waals surface area contributed by atoms with Crippen LogP contribution in [-0.4, -0.2) is 9.97 Å². The highest BCUT2D eigenvalue weighted by molar-refractivity contribution is 9.11.